The van der Waals surface area contributed by atoms with Crippen molar-refractivity contribution in [3.05, 3.63) is 54.7 Å². The van der Waals surface area contributed by atoms with Crippen molar-refractivity contribution in [2.75, 3.05) is 13.1 Å². The summed E-state index contributed by atoms with van der Waals surface area (Å²) in [6.07, 6.45) is 3.44. The van der Waals surface area contributed by atoms with Gasteiger partial charge < -0.3 is 9.42 Å². The molecule has 0 unspecified atom stereocenters. The highest BCUT2D eigenvalue weighted by Crippen LogP contribution is 2.27. The molecule has 4 rings (SSSR count). The molecule has 1 aromatic carbocycles. The molecule has 1 saturated heterocycles. The molecular weight excluding hydrogens is 294 g/mol. The number of carbonyl (C=O) groups is 1. The Hall–Kier alpha value is -2.96. The van der Waals surface area contributed by atoms with E-state index in [1.54, 1.807) is 28.0 Å². The van der Waals surface area contributed by atoms with Crippen LogP contribution in [0.15, 0.2) is 53.3 Å². The summed E-state index contributed by atoms with van der Waals surface area (Å²) in [5.74, 6) is 1.34. The maximum atomic E-state index is 12.1. The van der Waals surface area contributed by atoms with Crippen molar-refractivity contribution in [1.29, 1.82) is 0 Å². The number of carbonyl (C=O) groups excluding carboxylic acids is 1. The second-order valence-electron chi connectivity index (χ2n) is 5.52. The van der Waals surface area contributed by atoms with E-state index in [9.17, 15) is 4.79 Å². The van der Waals surface area contributed by atoms with Gasteiger partial charge in [0, 0.05) is 31.0 Å². The lowest BCUT2D eigenvalue weighted by Crippen LogP contribution is -2.49. The smallest absolute Gasteiger partial charge is 0.244 e. The molecule has 3 aromatic rings. The number of nitrogens with zero attached hydrogens (tertiary/aromatic N) is 5. The van der Waals surface area contributed by atoms with Crippen molar-refractivity contribution in [3.8, 4) is 11.4 Å². The van der Waals surface area contributed by atoms with Gasteiger partial charge in [0.2, 0.25) is 17.6 Å². The first kappa shape index (κ1) is 13.7. The van der Waals surface area contributed by atoms with Gasteiger partial charge in [-0.15, -0.1) is 0 Å². The molecular formula is C16H15N5O2. The van der Waals surface area contributed by atoms with E-state index in [-0.39, 0.29) is 18.4 Å². The van der Waals surface area contributed by atoms with Crippen LogP contribution in [0.1, 0.15) is 11.8 Å². The molecule has 2 aromatic heterocycles. The summed E-state index contributed by atoms with van der Waals surface area (Å²) in [6.45, 7) is 1.48. The molecule has 0 atom stereocenters. The van der Waals surface area contributed by atoms with Gasteiger partial charge in [0.15, 0.2) is 0 Å². The van der Waals surface area contributed by atoms with Crippen LogP contribution in [0.5, 0.6) is 0 Å². The third-order valence-electron chi connectivity index (χ3n) is 3.91. The molecule has 7 heteroatoms. The molecule has 0 N–H and O–H groups in total. The Morgan fingerprint density at radius 3 is 2.78 bits per heavy atom. The Kier molecular flexibility index (Phi) is 3.38. The summed E-state index contributed by atoms with van der Waals surface area (Å²) in [7, 11) is 0. The minimum atomic E-state index is 0.0488. The molecule has 116 valence electrons. The van der Waals surface area contributed by atoms with Gasteiger partial charge >= 0.3 is 0 Å². The average Bonchev–Trinajstić information content (AvgIpc) is 3.18. The van der Waals surface area contributed by atoms with Crippen LogP contribution in [0.2, 0.25) is 0 Å². The second kappa shape index (κ2) is 5.68. The van der Waals surface area contributed by atoms with E-state index >= 15 is 0 Å². The van der Waals surface area contributed by atoms with E-state index in [1.807, 2.05) is 30.3 Å². The highest BCUT2D eigenvalue weighted by Gasteiger charge is 2.35. The average molecular weight is 309 g/mol. The van der Waals surface area contributed by atoms with Crippen LogP contribution in [-0.2, 0) is 11.3 Å². The van der Waals surface area contributed by atoms with Gasteiger partial charge in [-0.3, -0.25) is 9.48 Å². The predicted molar refractivity (Wildman–Crippen MR) is 81.3 cm³/mol. The first-order chi connectivity index (χ1) is 11.3. The summed E-state index contributed by atoms with van der Waals surface area (Å²) in [5.41, 5.74) is 0.924. The largest absolute Gasteiger partial charge is 0.339 e. The fourth-order valence-electron chi connectivity index (χ4n) is 2.58. The third-order valence-corrected chi connectivity index (χ3v) is 3.91. The normalized spacial score (nSPS) is 14.7. The van der Waals surface area contributed by atoms with Crippen LogP contribution < -0.4 is 0 Å². The first-order valence-corrected chi connectivity index (χ1v) is 7.44. The minimum Gasteiger partial charge on any atom is -0.339 e. The molecule has 0 aliphatic carbocycles. The Morgan fingerprint density at radius 2 is 2.04 bits per heavy atom. The van der Waals surface area contributed by atoms with Gasteiger partial charge in [-0.2, -0.15) is 10.1 Å². The van der Waals surface area contributed by atoms with Gasteiger partial charge in [0.05, 0.1) is 5.92 Å². The molecule has 1 aliphatic heterocycles. The van der Waals surface area contributed by atoms with Crippen LogP contribution in [-0.4, -0.2) is 43.8 Å². The lowest BCUT2D eigenvalue weighted by atomic mass is 10.00. The Morgan fingerprint density at radius 1 is 1.22 bits per heavy atom. The Bertz CT molecular complexity index is 791. The van der Waals surface area contributed by atoms with E-state index < -0.39 is 0 Å². The summed E-state index contributed by atoms with van der Waals surface area (Å²) in [6, 6.07) is 11.5. The van der Waals surface area contributed by atoms with Crippen molar-refractivity contribution in [2.24, 2.45) is 0 Å². The zero-order valence-corrected chi connectivity index (χ0v) is 12.4. The number of likely N-dealkylation sites (tertiary alicyclic amines) is 1. The zero-order chi connectivity index (χ0) is 15.6. The van der Waals surface area contributed by atoms with Crippen LogP contribution >= 0.6 is 0 Å². The van der Waals surface area contributed by atoms with E-state index in [0.29, 0.717) is 24.8 Å². The second-order valence-corrected chi connectivity index (χ2v) is 5.52. The Balaban J connectivity index is 1.37. The van der Waals surface area contributed by atoms with E-state index in [1.165, 1.54) is 0 Å². The van der Waals surface area contributed by atoms with Crippen LogP contribution in [0.25, 0.3) is 11.4 Å². The molecule has 23 heavy (non-hydrogen) atoms. The molecule has 0 radical (unpaired) electrons. The molecule has 3 heterocycles. The van der Waals surface area contributed by atoms with Crippen LogP contribution in [0, 0.1) is 0 Å². The zero-order valence-electron chi connectivity index (χ0n) is 12.4. The predicted octanol–water partition coefficient (Wildman–Crippen LogP) is 1.56. The molecule has 0 bridgehead atoms. The Labute approximate surface area is 132 Å². The summed E-state index contributed by atoms with van der Waals surface area (Å²) in [4.78, 5) is 18.3. The SMILES string of the molecule is O=C(Cn1cccn1)N1CC(c2nc(-c3ccccc3)no2)C1. The van der Waals surface area contributed by atoms with Crippen molar-refractivity contribution in [2.45, 2.75) is 12.5 Å². The molecule has 1 fully saturated rings. The highest BCUT2D eigenvalue weighted by atomic mass is 16.5. The van der Waals surface area contributed by atoms with Crippen LogP contribution in [0.3, 0.4) is 0 Å². The van der Waals surface area contributed by atoms with Gasteiger partial charge in [-0.1, -0.05) is 35.5 Å². The summed E-state index contributed by atoms with van der Waals surface area (Å²) < 4.78 is 6.96. The maximum absolute atomic E-state index is 12.1. The molecule has 0 saturated carbocycles. The van der Waals surface area contributed by atoms with Crippen molar-refractivity contribution < 1.29 is 9.32 Å². The third kappa shape index (κ3) is 2.73. The molecule has 1 amide bonds. The number of rotatable bonds is 4. The molecule has 7 nitrogen and oxygen atoms in total. The monoisotopic (exact) mass is 309 g/mol. The summed E-state index contributed by atoms with van der Waals surface area (Å²) >= 11 is 0. The fraction of sp³-hybridized carbons (Fsp3) is 0.250. The van der Waals surface area contributed by atoms with Crippen molar-refractivity contribution >= 4 is 5.91 Å². The quantitative estimate of drug-likeness (QED) is 0.731. The number of aromatic nitrogens is 4. The standard InChI is InChI=1S/C16H15N5O2/c22-14(11-21-8-4-7-17-21)20-9-13(10-20)16-18-15(19-23-16)12-5-2-1-3-6-12/h1-8,13H,9-11H2. The van der Waals surface area contributed by atoms with Gasteiger partial charge in [-0.05, 0) is 6.07 Å². The van der Waals surface area contributed by atoms with Crippen LogP contribution in [0.4, 0.5) is 0 Å². The fourth-order valence-corrected chi connectivity index (χ4v) is 2.58. The molecule has 1 aliphatic rings. The van der Waals surface area contributed by atoms with Gasteiger partial charge in [0.25, 0.3) is 0 Å². The van der Waals surface area contributed by atoms with Gasteiger partial charge in [-0.25, -0.2) is 0 Å². The summed E-state index contributed by atoms with van der Waals surface area (Å²) in [5, 5.41) is 8.06. The number of hydrogen-bond acceptors (Lipinski definition) is 5. The minimum absolute atomic E-state index is 0.0488. The number of hydrogen-bond donors (Lipinski definition) is 0. The topological polar surface area (TPSA) is 77.1 Å². The van der Waals surface area contributed by atoms with Gasteiger partial charge in [0.1, 0.15) is 6.54 Å². The van der Waals surface area contributed by atoms with Crippen molar-refractivity contribution in [3.63, 3.8) is 0 Å². The lowest BCUT2D eigenvalue weighted by molar-refractivity contribution is -0.136. The number of amides is 1. The van der Waals surface area contributed by atoms with E-state index in [4.69, 9.17) is 4.52 Å². The lowest BCUT2D eigenvalue weighted by Gasteiger charge is -2.37. The first-order valence-electron chi connectivity index (χ1n) is 7.44. The van der Waals surface area contributed by atoms with E-state index in [2.05, 4.69) is 15.2 Å². The maximum Gasteiger partial charge on any atom is 0.244 e. The highest BCUT2D eigenvalue weighted by molar-refractivity contribution is 5.77. The number of benzene rings is 1. The van der Waals surface area contributed by atoms with Crippen molar-refractivity contribution in [1.82, 2.24) is 24.8 Å². The molecule has 0 spiro atoms. The van der Waals surface area contributed by atoms with E-state index in [0.717, 1.165) is 5.56 Å².